The topological polar surface area (TPSA) is 70.2 Å². The first kappa shape index (κ1) is 21.3. The molecule has 2 aromatic carbocycles. The molecule has 0 heterocycles. The number of carbonyl (C=O) groups is 2. The van der Waals surface area contributed by atoms with Crippen LogP contribution in [0.2, 0.25) is 0 Å². The fourth-order valence-electron chi connectivity index (χ4n) is 2.19. The fourth-order valence-corrected chi connectivity index (χ4v) is 2.19. The molecule has 2 rings (SSSR count). The number of alkyl halides is 3. The minimum absolute atomic E-state index is 0.158. The molecule has 8 heteroatoms. The molecule has 0 saturated carbocycles. The van der Waals surface area contributed by atoms with Crippen molar-refractivity contribution in [2.75, 3.05) is 22.5 Å². The molecule has 0 aliphatic heterocycles. The lowest BCUT2D eigenvalue weighted by atomic mass is 9.95. The molecule has 0 saturated heterocycles. The van der Waals surface area contributed by atoms with Crippen molar-refractivity contribution in [2.45, 2.75) is 26.9 Å². The van der Waals surface area contributed by atoms with Crippen molar-refractivity contribution in [1.82, 2.24) is 0 Å². The summed E-state index contributed by atoms with van der Waals surface area (Å²) in [6, 6.07) is 12.4. The SMILES string of the molecule is CC(C)(C)C(=O)Nc1cccc(C(=O)Nc2ccccc2NCC(F)(F)F)c1. The van der Waals surface area contributed by atoms with Gasteiger partial charge in [-0.1, -0.05) is 39.0 Å². The first-order chi connectivity index (χ1) is 13.0. The molecule has 150 valence electrons. The van der Waals surface area contributed by atoms with Crippen LogP contribution in [0.15, 0.2) is 48.5 Å². The molecule has 0 radical (unpaired) electrons. The van der Waals surface area contributed by atoms with E-state index in [-0.39, 0.29) is 22.8 Å². The second-order valence-corrected chi connectivity index (χ2v) is 7.25. The molecular formula is C20H22F3N3O2. The number of anilines is 3. The quantitative estimate of drug-likeness (QED) is 0.677. The standard InChI is InChI=1S/C20H22F3N3O2/c1-19(2,3)18(28)25-14-8-6-7-13(11-14)17(27)26-16-10-5-4-9-15(16)24-12-20(21,22)23/h4-11,24H,12H2,1-3H3,(H,25,28)(H,26,27). The van der Waals surface area contributed by atoms with Crippen LogP contribution in [-0.4, -0.2) is 24.5 Å². The highest BCUT2D eigenvalue weighted by molar-refractivity contribution is 6.07. The lowest BCUT2D eigenvalue weighted by Crippen LogP contribution is -2.27. The Labute approximate surface area is 161 Å². The highest BCUT2D eigenvalue weighted by Crippen LogP contribution is 2.25. The van der Waals surface area contributed by atoms with E-state index in [1.807, 2.05) is 0 Å². The second kappa shape index (κ2) is 8.33. The van der Waals surface area contributed by atoms with E-state index in [0.717, 1.165) is 0 Å². The zero-order valence-corrected chi connectivity index (χ0v) is 15.8. The molecule has 0 bridgehead atoms. The second-order valence-electron chi connectivity index (χ2n) is 7.25. The first-order valence-electron chi connectivity index (χ1n) is 8.58. The Morgan fingerprint density at radius 2 is 1.54 bits per heavy atom. The average molecular weight is 393 g/mol. The van der Waals surface area contributed by atoms with Crippen molar-refractivity contribution < 1.29 is 22.8 Å². The summed E-state index contributed by atoms with van der Waals surface area (Å²) in [5.74, 6) is -0.708. The summed E-state index contributed by atoms with van der Waals surface area (Å²) < 4.78 is 37.3. The number of nitrogens with one attached hydrogen (secondary N) is 3. The molecule has 0 spiro atoms. The predicted molar refractivity (Wildman–Crippen MR) is 103 cm³/mol. The van der Waals surface area contributed by atoms with Gasteiger partial charge in [-0.25, -0.2) is 0 Å². The van der Waals surface area contributed by atoms with Crippen LogP contribution >= 0.6 is 0 Å². The van der Waals surface area contributed by atoms with Crippen molar-refractivity contribution in [3.63, 3.8) is 0 Å². The van der Waals surface area contributed by atoms with E-state index in [4.69, 9.17) is 0 Å². The number of amides is 2. The molecule has 0 unspecified atom stereocenters. The number of rotatable bonds is 5. The van der Waals surface area contributed by atoms with Gasteiger partial charge in [0.05, 0.1) is 11.4 Å². The smallest absolute Gasteiger partial charge is 0.375 e. The molecule has 2 aromatic rings. The van der Waals surface area contributed by atoms with Gasteiger partial charge in [0, 0.05) is 16.7 Å². The van der Waals surface area contributed by atoms with Crippen molar-refractivity contribution in [1.29, 1.82) is 0 Å². The predicted octanol–water partition coefficient (Wildman–Crippen LogP) is 4.90. The summed E-state index contributed by atoms with van der Waals surface area (Å²) in [7, 11) is 0. The summed E-state index contributed by atoms with van der Waals surface area (Å²) in [5, 5.41) is 7.59. The van der Waals surface area contributed by atoms with E-state index in [1.165, 1.54) is 18.2 Å². The Balaban J connectivity index is 2.14. The van der Waals surface area contributed by atoms with Crippen LogP contribution in [0.3, 0.4) is 0 Å². The van der Waals surface area contributed by atoms with Gasteiger partial charge < -0.3 is 16.0 Å². The molecule has 0 aromatic heterocycles. The van der Waals surface area contributed by atoms with Crippen molar-refractivity contribution >= 4 is 28.9 Å². The van der Waals surface area contributed by atoms with E-state index < -0.39 is 24.0 Å². The Bertz CT molecular complexity index is 858. The largest absolute Gasteiger partial charge is 0.405 e. The number of para-hydroxylation sites is 2. The minimum atomic E-state index is -4.38. The number of benzene rings is 2. The minimum Gasteiger partial charge on any atom is -0.375 e. The first-order valence-corrected chi connectivity index (χ1v) is 8.58. The molecular weight excluding hydrogens is 371 g/mol. The normalized spacial score (nSPS) is 11.6. The third kappa shape index (κ3) is 6.29. The average Bonchev–Trinajstić information content (AvgIpc) is 2.59. The van der Waals surface area contributed by atoms with Gasteiger partial charge in [0.2, 0.25) is 5.91 Å². The van der Waals surface area contributed by atoms with Gasteiger partial charge in [0.1, 0.15) is 6.54 Å². The Morgan fingerprint density at radius 1 is 0.893 bits per heavy atom. The van der Waals surface area contributed by atoms with Crippen molar-refractivity contribution in [2.24, 2.45) is 5.41 Å². The van der Waals surface area contributed by atoms with Crippen LogP contribution < -0.4 is 16.0 Å². The highest BCUT2D eigenvalue weighted by Gasteiger charge is 2.27. The zero-order valence-electron chi connectivity index (χ0n) is 15.8. The molecule has 0 aliphatic rings. The fraction of sp³-hybridized carbons (Fsp3) is 0.300. The number of hydrogen-bond donors (Lipinski definition) is 3. The summed E-state index contributed by atoms with van der Waals surface area (Å²) in [6.45, 7) is 4.09. The third-order valence-corrected chi connectivity index (χ3v) is 3.72. The molecule has 3 N–H and O–H groups in total. The number of carbonyl (C=O) groups excluding carboxylic acids is 2. The van der Waals surface area contributed by atoms with Crippen LogP contribution in [0.5, 0.6) is 0 Å². The number of hydrogen-bond acceptors (Lipinski definition) is 3. The van der Waals surface area contributed by atoms with Crippen LogP contribution in [0.4, 0.5) is 30.2 Å². The van der Waals surface area contributed by atoms with Gasteiger partial charge in [0.25, 0.3) is 5.91 Å². The Hall–Kier alpha value is -3.03. The van der Waals surface area contributed by atoms with Gasteiger partial charge in [-0.15, -0.1) is 0 Å². The molecule has 0 aliphatic carbocycles. The maximum atomic E-state index is 12.5. The summed E-state index contributed by atoms with van der Waals surface area (Å²) in [5.41, 5.74) is 0.501. The molecule has 5 nitrogen and oxygen atoms in total. The van der Waals surface area contributed by atoms with Crippen molar-refractivity contribution in [3.8, 4) is 0 Å². The maximum Gasteiger partial charge on any atom is 0.405 e. The third-order valence-electron chi connectivity index (χ3n) is 3.72. The monoisotopic (exact) mass is 393 g/mol. The highest BCUT2D eigenvalue weighted by atomic mass is 19.4. The van der Waals surface area contributed by atoms with E-state index >= 15 is 0 Å². The van der Waals surface area contributed by atoms with Crippen LogP contribution in [0, 0.1) is 5.41 Å². The molecule has 0 atom stereocenters. The van der Waals surface area contributed by atoms with Gasteiger partial charge in [-0.05, 0) is 30.3 Å². The van der Waals surface area contributed by atoms with Crippen molar-refractivity contribution in [3.05, 3.63) is 54.1 Å². The number of halogens is 3. The van der Waals surface area contributed by atoms with E-state index in [9.17, 15) is 22.8 Å². The van der Waals surface area contributed by atoms with Gasteiger partial charge in [0.15, 0.2) is 0 Å². The van der Waals surface area contributed by atoms with Crippen LogP contribution in [-0.2, 0) is 4.79 Å². The summed E-state index contributed by atoms with van der Waals surface area (Å²) >= 11 is 0. The van der Waals surface area contributed by atoms with Crippen LogP contribution in [0.1, 0.15) is 31.1 Å². The maximum absolute atomic E-state index is 12.5. The summed E-state index contributed by atoms with van der Waals surface area (Å²) in [4.78, 5) is 24.6. The van der Waals surface area contributed by atoms with Crippen LogP contribution in [0.25, 0.3) is 0 Å². The van der Waals surface area contributed by atoms with E-state index in [2.05, 4.69) is 16.0 Å². The van der Waals surface area contributed by atoms with Gasteiger partial charge in [-0.3, -0.25) is 9.59 Å². The van der Waals surface area contributed by atoms with Gasteiger partial charge >= 0.3 is 6.18 Å². The Kier molecular flexibility index (Phi) is 6.33. The Morgan fingerprint density at radius 3 is 2.14 bits per heavy atom. The van der Waals surface area contributed by atoms with Gasteiger partial charge in [-0.2, -0.15) is 13.2 Å². The molecule has 28 heavy (non-hydrogen) atoms. The molecule has 2 amide bonds. The summed E-state index contributed by atoms with van der Waals surface area (Å²) in [6.07, 6.45) is -4.38. The lowest BCUT2D eigenvalue weighted by Gasteiger charge is -2.18. The lowest BCUT2D eigenvalue weighted by molar-refractivity contribution is -0.123. The van der Waals surface area contributed by atoms with E-state index in [0.29, 0.717) is 5.69 Å². The molecule has 0 fully saturated rings. The zero-order chi connectivity index (χ0) is 20.9. The van der Waals surface area contributed by atoms with E-state index in [1.54, 1.807) is 51.1 Å².